The minimum absolute atomic E-state index is 0.0166. The Kier molecular flexibility index (Phi) is 3.60. The number of rotatable bonds is 6. The highest BCUT2D eigenvalue weighted by Gasteiger charge is 2.50. The number of benzene rings is 1. The highest BCUT2D eigenvalue weighted by molar-refractivity contribution is 6.06. The first kappa shape index (κ1) is 14.7. The van der Waals surface area contributed by atoms with Crippen molar-refractivity contribution in [3.63, 3.8) is 0 Å². The molecule has 0 spiro atoms. The molecule has 1 aromatic rings. The molecule has 1 atom stereocenters. The molecule has 1 heterocycles. The van der Waals surface area contributed by atoms with E-state index in [0.29, 0.717) is 12.5 Å². The number of likely N-dealkylation sites (tertiary alicyclic amines) is 1. The summed E-state index contributed by atoms with van der Waals surface area (Å²) < 4.78 is 5.19. The predicted molar refractivity (Wildman–Crippen MR) is 84.8 cm³/mol. The number of hydrogen-bond donors (Lipinski definition) is 0. The molecule has 2 amide bonds. The van der Waals surface area contributed by atoms with Gasteiger partial charge in [-0.2, -0.15) is 0 Å². The van der Waals surface area contributed by atoms with Gasteiger partial charge in [-0.1, -0.05) is 12.1 Å². The molecule has 0 aromatic heterocycles. The van der Waals surface area contributed by atoms with Gasteiger partial charge in [-0.3, -0.25) is 19.4 Å². The van der Waals surface area contributed by atoms with Crippen LogP contribution in [0.3, 0.4) is 0 Å². The fraction of sp³-hybridized carbons (Fsp3) is 0.556. The third kappa shape index (κ3) is 2.85. The number of carbonyl (C=O) groups is 2. The lowest BCUT2D eigenvalue weighted by Gasteiger charge is -2.27. The second kappa shape index (κ2) is 5.64. The lowest BCUT2D eigenvalue weighted by Crippen LogP contribution is -2.43. The van der Waals surface area contributed by atoms with Gasteiger partial charge in [-0.25, -0.2) is 0 Å². The largest absolute Gasteiger partial charge is 0.497 e. The molecule has 4 rings (SSSR count). The molecule has 5 nitrogen and oxygen atoms in total. The van der Waals surface area contributed by atoms with Crippen molar-refractivity contribution in [2.75, 3.05) is 7.11 Å². The minimum Gasteiger partial charge on any atom is -0.497 e. The van der Waals surface area contributed by atoms with Gasteiger partial charge in [-0.05, 0) is 43.4 Å². The molecule has 3 aliphatic rings. The Morgan fingerprint density at radius 3 is 2.39 bits per heavy atom. The van der Waals surface area contributed by atoms with E-state index in [2.05, 4.69) is 4.90 Å². The van der Waals surface area contributed by atoms with Crippen LogP contribution in [0.1, 0.15) is 37.7 Å². The van der Waals surface area contributed by atoms with Gasteiger partial charge in [0, 0.05) is 18.6 Å². The molecule has 2 aliphatic carbocycles. The fourth-order valence-corrected chi connectivity index (χ4v) is 3.45. The van der Waals surface area contributed by atoms with Crippen molar-refractivity contribution in [1.82, 2.24) is 9.80 Å². The fourth-order valence-electron chi connectivity index (χ4n) is 3.45. The Balaban J connectivity index is 1.51. The molecule has 1 aromatic carbocycles. The summed E-state index contributed by atoms with van der Waals surface area (Å²) >= 11 is 0. The second-order valence-corrected chi connectivity index (χ2v) is 6.80. The van der Waals surface area contributed by atoms with Gasteiger partial charge in [0.15, 0.2) is 0 Å². The molecule has 23 heavy (non-hydrogen) atoms. The van der Waals surface area contributed by atoms with Crippen LogP contribution < -0.4 is 4.74 Å². The van der Waals surface area contributed by atoms with Crippen LogP contribution in [0.25, 0.3) is 0 Å². The first-order chi connectivity index (χ1) is 11.2. The average Bonchev–Trinajstić information content (AvgIpc) is 3.45. The highest BCUT2D eigenvalue weighted by atomic mass is 16.5. The predicted octanol–water partition coefficient (Wildman–Crippen LogP) is 1.95. The van der Waals surface area contributed by atoms with Crippen LogP contribution in [0, 0.1) is 0 Å². The molecule has 1 saturated heterocycles. The molecule has 0 bridgehead atoms. The van der Waals surface area contributed by atoms with E-state index in [1.807, 2.05) is 24.3 Å². The number of hydrogen-bond acceptors (Lipinski definition) is 4. The second-order valence-electron chi connectivity index (χ2n) is 6.80. The monoisotopic (exact) mass is 314 g/mol. The number of methoxy groups -OCH3 is 1. The van der Waals surface area contributed by atoms with E-state index in [4.69, 9.17) is 4.74 Å². The lowest BCUT2D eigenvalue weighted by atomic mass is 10.1. The number of ether oxygens (including phenoxy) is 1. The zero-order chi connectivity index (χ0) is 16.0. The summed E-state index contributed by atoms with van der Waals surface area (Å²) in [6, 6.07) is 8.32. The highest BCUT2D eigenvalue weighted by Crippen LogP contribution is 2.37. The van der Waals surface area contributed by atoms with Gasteiger partial charge in [0.25, 0.3) is 0 Å². The molecule has 122 valence electrons. The quantitative estimate of drug-likeness (QED) is 0.753. The van der Waals surface area contributed by atoms with E-state index in [1.54, 1.807) is 7.11 Å². The summed E-state index contributed by atoms with van der Waals surface area (Å²) in [5.74, 6) is 0.875. The first-order valence-corrected chi connectivity index (χ1v) is 8.42. The normalized spacial score (nSPS) is 24.6. The molecular formula is C18H22N2O3. The van der Waals surface area contributed by atoms with Crippen LogP contribution in [0.15, 0.2) is 24.3 Å². The number of amides is 2. The molecule has 1 aliphatic heterocycles. The molecule has 2 saturated carbocycles. The van der Waals surface area contributed by atoms with Crippen LogP contribution in [-0.2, 0) is 16.1 Å². The van der Waals surface area contributed by atoms with Crippen molar-refractivity contribution in [2.45, 2.75) is 56.8 Å². The van der Waals surface area contributed by atoms with E-state index >= 15 is 0 Å². The van der Waals surface area contributed by atoms with Crippen molar-refractivity contribution >= 4 is 11.8 Å². The van der Waals surface area contributed by atoms with Crippen molar-refractivity contribution in [2.24, 2.45) is 0 Å². The molecule has 0 radical (unpaired) electrons. The van der Waals surface area contributed by atoms with Crippen LogP contribution in [0.5, 0.6) is 5.75 Å². The summed E-state index contributed by atoms with van der Waals surface area (Å²) in [7, 11) is 1.65. The molecular weight excluding hydrogens is 292 g/mol. The van der Waals surface area contributed by atoms with Crippen LogP contribution in [0.2, 0.25) is 0 Å². The topological polar surface area (TPSA) is 49.9 Å². The van der Waals surface area contributed by atoms with E-state index in [1.165, 1.54) is 4.90 Å². The molecule has 1 unspecified atom stereocenters. The van der Waals surface area contributed by atoms with E-state index in [0.717, 1.165) is 43.5 Å². The summed E-state index contributed by atoms with van der Waals surface area (Å²) in [5.41, 5.74) is 1.16. The Morgan fingerprint density at radius 1 is 1.13 bits per heavy atom. The third-order valence-corrected chi connectivity index (χ3v) is 5.01. The summed E-state index contributed by atoms with van der Waals surface area (Å²) in [4.78, 5) is 28.7. The maximum Gasteiger partial charge on any atom is 0.247 e. The van der Waals surface area contributed by atoms with Crippen LogP contribution in [0.4, 0.5) is 0 Å². The number of carbonyl (C=O) groups excluding carboxylic acids is 2. The van der Waals surface area contributed by atoms with Gasteiger partial charge in [0.1, 0.15) is 5.75 Å². The van der Waals surface area contributed by atoms with Crippen molar-refractivity contribution < 1.29 is 14.3 Å². The SMILES string of the molecule is COc1ccc(CN(C2CC2)C2CC(=O)N(C3CC3)C2=O)cc1. The smallest absolute Gasteiger partial charge is 0.247 e. The number of imide groups is 1. The Morgan fingerprint density at radius 2 is 1.83 bits per heavy atom. The molecule has 3 fully saturated rings. The van der Waals surface area contributed by atoms with E-state index in [9.17, 15) is 9.59 Å². The van der Waals surface area contributed by atoms with Crippen molar-refractivity contribution in [3.05, 3.63) is 29.8 Å². The standard InChI is InChI=1S/C18H22N2O3/c1-23-15-8-2-12(3-9-15)11-19(13-4-5-13)16-10-17(21)20(18(16)22)14-6-7-14/h2-3,8-9,13-14,16H,4-7,10-11H2,1H3. The number of nitrogens with zero attached hydrogens (tertiary/aromatic N) is 2. The zero-order valence-corrected chi connectivity index (χ0v) is 13.4. The maximum atomic E-state index is 12.7. The van der Waals surface area contributed by atoms with Crippen molar-refractivity contribution in [1.29, 1.82) is 0 Å². The first-order valence-electron chi connectivity index (χ1n) is 8.42. The van der Waals surface area contributed by atoms with Gasteiger partial charge in [0.05, 0.1) is 19.6 Å². The zero-order valence-electron chi connectivity index (χ0n) is 13.4. The maximum absolute atomic E-state index is 12.7. The Hall–Kier alpha value is -1.88. The summed E-state index contributed by atoms with van der Waals surface area (Å²) in [6.45, 7) is 0.719. The van der Waals surface area contributed by atoms with Crippen LogP contribution in [-0.4, -0.2) is 46.8 Å². The van der Waals surface area contributed by atoms with Gasteiger partial charge in [-0.15, -0.1) is 0 Å². The van der Waals surface area contributed by atoms with Gasteiger partial charge < -0.3 is 4.74 Å². The van der Waals surface area contributed by atoms with Gasteiger partial charge in [0.2, 0.25) is 11.8 Å². The summed E-state index contributed by atoms with van der Waals surface area (Å²) in [5, 5.41) is 0. The average molecular weight is 314 g/mol. The molecule has 5 heteroatoms. The Labute approximate surface area is 136 Å². The van der Waals surface area contributed by atoms with Crippen molar-refractivity contribution in [3.8, 4) is 5.75 Å². The van der Waals surface area contributed by atoms with E-state index in [-0.39, 0.29) is 23.9 Å². The lowest BCUT2D eigenvalue weighted by molar-refractivity contribution is -0.140. The third-order valence-electron chi connectivity index (χ3n) is 5.01. The van der Waals surface area contributed by atoms with Gasteiger partial charge >= 0.3 is 0 Å². The molecule has 0 N–H and O–H groups in total. The van der Waals surface area contributed by atoms with E-state index < -0.39 is 0 Å². The Bertz CT molecular complexity index is 620. The van der Waals surface area contributed by atoms with Crippen LogP contribution >= 0.6 is 0 Å². The minimum atomic E-state index is -0.266. The summed E-state index contributed by atoms with van der Waals surface area (Å²) in [6.07, 6.45) is 4.55.